The number of likely N-dealkylation sites (tertiary alicyclic amines) is 1. The average molecular weight is 519 g/mol. The largest absolute Gasteiger partial charge is 0.459 e. The van der Waals surface area contributed by atoms with E-state index >= 15 is 0 Å². The van der Waals surface area contributed by atoms with Gasteiger partial charge in [-0.1, -0.05) is 30.3 Å². The zero-order chi connectivity index (χ0) is 27.4. The highest BCUT2D eigenvalue weighted by Crippen LogP contribution is 2.18. The first kappa shape index (κ1) is 29.4. The minimum Gasteiger partial charge on any atom is -0.459 e. The summed E-state index contributed by atoms with van der Waals surface area (Å²) < 4.78 is 10.6. The molecule has 12 heteroatoms. The fraction of sp³-hybridized carbons (Fsp3) is 0.560. The number of amides is 3. The van der Waals surface area contributed by atoms with Crippen LogP contribution in [0.5, 0.6) is 0 Å². The summed E-state index contributed by atoms with van der Waals surface area (Å²) in [6, 6.07) is 7.47. The van der Waals surface area contributed by atoms with Crippen molar-refractivity contribution in [1.82, 2.24) is 15.5 Å². The number of aliphatic imine (C=N–C) groups is 1. The molecule has 1 saturated heterocycles. The monoisotopic (exact) mass is 518 g/mol. The summed E-state index contributed by atoms with van der Waals surface area (Å²) in [6.07, 6.45) is 1.00. The Morgan fingerprint density at radius 1 is 1.16 bits per heavy atom. The van der Waals surface area contributed by atoms with Crippen molar-refractivity contribution in [3.05, 3.63) is 35.9 Å². The Morgan fingerprint density at radius 2 is 1.86 bits per heavy atom. The third-order valence-corrected chi connectivity index (χ3v) is 5.43. The van der Waals surface area contributed by atoms with E-state index in [-0.39, 0.29) is 32.1 Å². The predicted octanol–water partition coefficient (Wildman–Crippen LogP) is 0.784. The van der Waals surface area contributed by atoms with Crippen molar-refractivity contribution in [2.24, 2.45) is 16.5 Å². The molecule has 0 bridgehead atoms. The molecule has 1 fully saturated rings. The Bertz CT molecular complexity index is 958. The van der Waals surface area contributed by atoms with E-state index in [1.165, 1.54) is 4.90 Å². The fourth-order valence-electron chi connectivity index (χ4n) is 3.75. The molecule has 6 N–H and O–H groups in total. The Balaban J connectivity index is 1.98. The summed E-state index contributed by atoms with van der Waals surface area (Å²) in [5.74, 6) is -1.54. The number of guanidine groups is 1. The maximum absolute atomic E-state index is 13.1. The predicted molar refractivity (Wildman–Crippen MR) is 137 cm³/mol. The number of benzene rings is 1. The lowest BCUT2D eigenvalue weighted by atomic mass is 10.1. The Hall–Kier alpha value is -3.83. The van der Waals surface area contributed by atoms with Crippen LogP contribution >= 0.6 is 0 Å². The molecule has 0 radical (unpaired) electrons. The van der Waals surface area contributed by atoms with E-state index in [0.717, 1.165) is 5.56 Å². The molecule has 37 heavy (non-hydrogen) atoms. The summed E-state index contributed by atoms with van der Waals surface area (Å²) >= 11 is 0. The van der Waals surface area contributed by atoms with Gasteiger partial charge in [-0.3, -0.25) is 14.6 Å². The maximum Gasteiger partial charge on any atom is 0.408 e. The molecule has 1 aromatic rings. The van der Waals surface area contributed by atoms with E-state index in [9.17, 15) is 19.2 Å². The molecule has 1 aliphatic heterocycles. The SMILES string of the molecule is CC(C)(C)OC(=O)NCC(=O)N1CCCC1C(=O)NC(CCCN=C(N)N)C(=O)OCc1ccccc1. The lowest BCUT2D eigenvalue weighted by Crippen LogP contribution is -2.52. The van der Waals surface area contributed by atoms with Gasteiger partial charge in [0.15, 0.2) is 5.96 Å². The molecule has 0 aliphatic carbocycles. The molecule has 2 rings (SSSR count). The minimum absolute atomic E-state index is 0.0598. The van der Waals surface area contributed by atoms with Gasteiger partial charge >= 0.3 is 12.1 Å². The Kier molecular flexibility index (Phi) is 11.2. The number of carbonyl (C=O) groups excluding carboxylic acids is 4. The van der Waals surface area contributed by atoms with Gasteiger partial charge < -0.3 is 36.5 Å². The van der Waals surface area contributed by atoms with E-state index in [2.05, 4.69) is 15.6 Å². The van der Waals surface area contributed by atoms with Crippen LogP contribution in [0.4, 0.5) is 4.79 Å². The molecule has 1 aromatic carbocycles. The second kappa shape index (κ2) is 14.0. The number of nitrogens with two attached hydrogens (primary N) is 2. The van der Waals surface area contributed by atoms with Gasteiger partial charge in [0, 0.05) is 13.1 Å². The van der Waals surface area contributed by atoms with Crippen LogP contribution in [0, 0.1) is 0 Å². The molecule has 0 saturated carbocycles. The van der Waals surface area contributed by atoms with Crippen molar-refractivity contribution in [2.45, 2.75) is 70.7 Å². The molecular weight excluding hydrogens is 480 g/mol. The lowest BCUT2D eigenvalue weighted by Gasteiger charge is -2.26. The van der Waals surface area contributed by atoms with E-state index < -0.39 is 41.6 Å². The van der Waals surface area contributed by atoms with Crippen LogP contribution in [0.3, 0.4) is 0 Å². The number of hydrogen-bond donors (Lipinski definition) is 4. The number of nitrogens with one attached hydrogen (secondary N) is 2. The number of nitrogens with zero attached hydrogens (tertiary/aromatic N) is 2. The topological polar surface area (TPSA) is 178 Å². The quantitative estimate of drug-likeness (QED) is 0.144. The molecule has 1 heterocycles. The summed E-state index contributed by atoms with van der Waals surface area (Å²) in [4.78, 5) is 55.9. The van der Waals surface area contributed by atoms with Crippen molar-refractivity contribution >= 4 is 29.8 Å². The standard InChI is InChI=1S/C25H38N6O6/c1-25(2,3)37-24(35)29-15-20(32)31-14-8-12-19(31)21(33)30-18(11-7-13-28-23(26)27)22(34)36-16-17-9-5-4-6-10-17/h4-6,9-10,18-19H,7-8,11-16H2,1-3H3,(H,29,35)(H,30,33)(H4,26,27,28). The number of esters is 1. The fourth-order valence-corrected chi connectivity index (χ4v) is 3.75. The van der Waals surface area contributed by atoms with E-state index in [1.54, 1.807) is 20.8 Å². The van der Waals surface area contributed by atoms with Gasteiger partial charge in [0.1, 0.15) is 30.8 Å². The smallest absolute Gasteiger partial charge is 0.408 e. The van der Waals surface area contributed by atoms with Gasteiger partial charge in [-0.2, -0.15) is 0 Å². The molecule has 1 aliphatic rings. The van der Waals surface area contributed by atoms with Gasteiger partial charge in [-0.15, -0.1) is 0 Å². The maximum atomic E-state index is 13.1. The van der Waals surface area contributed by atoms with Crippen molar-refractivity contribution in [3.63, 3.8) is 0 Å². The first-order chi connectivity index (χ1) is 17.5. The molecular formula is C25H38N6O6. The Morgan fingerprint density at radius 3 is 2.51 bits per heavy atom. The first-order valence-corrected chi connectivity index (χ1v) is 12.3. The van der Waals surface area contributed by atoms with Crippen LogP contribution in [-0.4, -0.2) is 72.1 Å². The van der Waals surface area contributed by atoms with Crippen LogP contribution in [0.25, 0.3) is 0 Å². The Labute approximate surface area is 217 Å². The van der Waals surface area contributed by atoms with Crippen LogP contribution in [0.2, 0.25) is 0 Å². The summed E-state index contributed by atoms with van der Waals surface area (Å²) in [6.45, 7) is 5.55. The molecule has 3 amide bonds. The van der Waals surface area contributed by atoms with Gasteiger partial charge in [0.2, 0.25) is 11.8 Å². The average Bonchev–Trinajstić information content (AvgIpc) is 3.32. The van der Waals surface area contributed by atoms with Crippen molar-refractivity contribution in [2.75, 3.05) is 19.6 Å². The highest BCUT2D eigenvalue weighted by Gasteiger charge is 2.36. The summed E-state index contributed by atoms with van der Waals surface area (Å²) in [5.41, 5.74) is 10.8. The zero-order valence-electron chi connectivity index (χ0n) is 21.7. The third kappa shape index (κ3) is 10.8. The third-order valence-electron chi connectivity index (χ3n) is 5.43. The van der Waals surface area contributed by atoms with Crippen LogP contribution in [-0.2, 0) is 30.5 Å². The van der Waals surface area contributed by atoms with E-state index in [4.69, 9.17) is 20.9 Å². The molecule has 204 valence electrons. The normalized spacial score (nSPS) is 15.9. The zero-order valence-corrected chi connectivity index (χ0v) is 21.7. The van der Waals surface area contributed by atoms with Gasteiger partial charge in [0.05, 0.1) is 0 Å². The molecule has 2 unspecified atom stereocenters. The molecule has 0 aromatic heterocycles. The second-order valence-electron chi connectivity index (χ2n) is 9.70. The van der Waals surface area contributed by atoms with E-state index in [0.29, 0.717) is 25.8 Å². The molecule has 12 nitrogen and oxygen atoms in total. The molecule has 2 atom stereocenters. The lowest BCUT2D eigenvalue weighted by molar-refractivity contribution is -0.150. The second-order valence-corrected chi connectivity index (χ2v) is 9.70. The van der Waals surface area contributed by atoms with Gasteiger partial charge in [-0.25, -0.2) is 9.59 Å². The number of alkyl carbamates (subject to hydrolysis) is 1. The first-order valence-electron chi connectivity index (χ1n) is 12.3. The van der Waals surface area contributed by atoms with E-state index in [1.807, 2.05) is 30.3 Å². The van der Waals surface area contributed by atoms with Crippen LogP contribution < -0.4 is 22.1 Å². The molecule has 0 spiro atoms. The minimum atomic E-state index is -0.942. The highest BCUT2D eigenvalue weighted by atomic mass is 16.6. The summed E-state index contributed by atoms with van der Waals surface area (Å²) in [5, 5.41) is 5.15. The number of rotatable bonds is 11. The van der Waals surface area contributed by atoms with Crippen molar-refractivity contribution < 1.29 is 28.7 Å². The number of hydrogen-bond acceptors (Lipinski definition) is 7. The van der Waals surface area contributed by atoms with Crippen molar-refractivity contribution in [3.8, 4) is 0 Å². The van der Waals surface area contributed by atoms with Crippen LogP contribution in [0.1, 0.15) is 52.0 Å². The van der Waals surface area contributed by atoms with Gasteiger partial charge in [0.25, 0.3) is 0 Å². The highest BCUT2D eigenvalue weighted by molar-refractivity contribution is 5.92. The van der Waals surface area contributed by atoms with Crippen LogP contribution in [0.15, 0.2) is 35.3 Å². The van der Waals surface area contributed by atoms with Crippen molar-refractivity contribution in [1.29, 1.82) is 0 Å². The number of ether oxygens (including phenoxy) is 2. The van der Waals surface area contributed by atoms with Gasteiger partial charge in [-0.05, 0) is 52.0 Å². The summed E-state index contributed by atoms with van der Waals surface area (Å²) in [7, 11) is 0. The number of carbonyl (C=O) groups is 4.